The fraction of sp³-hybridized carbons (Fsp3) is 0.909. The Labute approximate surface area is 87.6 Å². The second-order valence-corrected chi connectivity index (χ2v) is 3.55. The van der Waals surface area contributed by atoms with E-state index in [0.717, 1.165) is 19.5 Å². The first-order valence-electron chi connectivity index (χ1n) is 5.74. The smallest absolute Gasteiger partial charge is 0.221 e. The summed E-state index contributed by atoms with van der Waals surface area (Å²) in [5, 5.41) is 6.19. The van der Waals surface area contributed by atoms with Gasteiger partial charge in [-0.05, 0) is 19.8 Å². The highest BCUT2D eigenvalue weighted by Gasteiger charge is 2.04. The van der Waals surface area contributed by atoms with Crippen molar-refractivity contribution in [3.8, 4) is 0 Å². The van der Waals surface area contributed by atoms with Gasteiger partial charge in [-0.2, -0.15) is 0 Å². The van der Waals surface area contributed by atoms with E-state index in [1.807, 2.05) is 6.92 Å². The monoisotopic (exact) mass is 200 g/mol. The summed E-state index contributed by atoms with van der Waals surface area (Å²) in [4.78, 5) is 11.1. The molecule has 0 aliphatic rings. The summed E-state index contributed by atoms with van der Waals surface area (Å²) in [5.74, 6) is 0.145. The molecular formula is C11H24N2O. The summed E-state index contributed by atoms with van der Waals surface area (Å²) in [6, 6.07) is 0.578. The Kier molecular flexibility index (Phi) is 8.64. The predicted octanol–water partition coefficient (Wildman–Crippen LogP) is 1.68. The molecule has 14 heavy (non-hydrogen) atoms. The fourth-order valence-electron chi connectivity index (χ4n) is 1.47. The van der Waals surface area contributed by atoms with Crippen LogP contribution in [0.4, 0.5) is 0 Å². The molecule has 0 spiro atoms. The van der Waals surface area contributed by atoms with Crippen molar-refractivity contribution < 1.29 is 4.79 Å². The largest absolute Gasteiger partial charge is 0.356 e. The molecular weight excluding hydrogens is 176 g/mol. The van der Waals surface area contributed by atoms with Crippen LogP contribution in [0.15, 0.2) is 0 Å². The van der Waals surface area contributed by atoms with E-state index in [4.69, 9.17) is 0 Å². The van der Waals surface area contributed by atoms with E-state index in [-0.39, 0.29) is 5.91 Å². The molecule has 3 heteroatoms. The molecule has 0 saturated heterocycles. The number of rotatable bonds is 8. The number of nitrogens with one attached hydrogen (secondary N) is 2. The van der Waals surface area contributed by atoms with Crippen molar-refractivity contribution in [2.75, 3.05) is 13.1 Å². The van der Waals surface area contributed by atoms with Crippen LogP contribution in [-0.4, -0.2) is 25.0 Å². The van der Waals surface area contributed by atoms with Gasteiger partial charge in [-0.3, -0.25) is 4.79 Å². The summed E-state index contributed by atoms with van der Waals surface area (Å²) >= 11 is 0. The molecule has 1 amide bonds. The highest BCUT2D eigenvalue weighted by atomic mass is 16.1. The summed E-state index contributed by atoms with van der Waals surface area (Å²) in [7, 11) is 0. The van der Waals surface area contributed by atoms with Crippen LogP contribution in [0.1, 0.15) is 46.5 Å². The molecule has 0 aliphatic heterocycles. The van der Waals surface area contributed by atoms with E-state index < -0.39 is 0 Å². The number of carbonyl (C=O) groups excluding carboxylic acids is 1. The lowest BCUT2D eigenvalue weighted by Crippen LogP contribution is -2.33. The van der Waals surface area contributed by atoms with Gasteiger partial charge >= 0.3 is 0 Å². The third kappa shape index (κ3) is 6.89. The van der Waals surface area contributed by atoms with Gasteiger partial charge in [0.2, 0.25) is 5.91 Å². The van der Waals surface area contributed by atoms with Crippen LogP contribution in [0.3, 0.4) is 0 Å². The first-order chi connectivity index (χ1) is 6.74. The Morgan fingerprint density at radius 2 is 2.00 bits per heavy atom. The van der Waals surface area contributed by atoms with Gasteiger partial charge in [0, 0.05) is 25.6 Å². The van der Waals surface area contributed by atoms with Crippen LogP contribution in [-0.2, 0) is 4.79 Å². The van der Waals surface area contributed by atoms with E-state index in [1.54, 1.807) is 0 Å². The third-order valence-corrected chi connectivity index (χ3v) is 2.29. The zero-order chi connectivity index (χ0) is 10.8. The lowest BCUT2D eigenvalue weighted by Gasteiger charge is -2.15. The molecule has 2 N–H and O–H groups in total. The maximum atomic E-state index is 11.1. The standard InChI is InChI=1S/C11H24N2O/c1-4-7-10(5-2)13-9-8-11(14)12-6-3/h10,13H,4-9H2,1-3H3,(H,12,14). The van der Waals surface area contributed by atoms with Gasteiger partial charge in [0.15, 0.2) is 0 Å². The Bertz CT molecular complexity index is 148. The molecule has 0 radical (unpaired) electrons. The topological polar surface area (TPSA) is 41.1 Å². The zero-order valence-corrected chi connectivity index (χ0v) is 9.73. The Balaban J connectivity index is 3.45. The molecule has 0 fully saturated rings. The van der Waals surface area contributed by atoms with Crippen molar-refractivity contribution >= 4 is 5.91 Å². The molecule has 0 aromatic carbocycles. The predicted molar refractivity (Wildman–Crippen MR) is 60.3 cm³/mol. The molecule has 3 nitrogen and oxygen atoms in total. The first-order valence-corrected chi connectivity index (χ1v) is 5.74. The molecule has 0 heterocycles. The molecule has 0 aromatic rings. The van der Waals surface area contributed by atoms with E-state index in [9.17, 15) is 4.79 Å². The molecule has 1 atom stereocenters. The summed E-state index contributed by atoms with van der Waals surface area (Å²) < 4.78 is 0. The van der Waals surface area contributed by atoms with Crippen molar-refractivity contribution in [1.82, 2.24) is 10.6 Å². The van der Waals surface area contributed by atoms with Crippen LogP contribution in [0.5, 0.6) is 0 Å². The highest BCUT2D eigenvalue weighted by molar-refractivity contribution is 5.75. The maximum Gasteiger partial charge on any atom is 0.221 e. The second kappa shape index (κ2) is 9.00. The van der Waals surface area contributed by atoms with Crippen molar-refractivity contribution in [1.29, 1.82) is 0 Å². The SMILES string of the molecule is CCCC(CC)NCCC(=O)NCC. The van der Waals surface area contributed by atoms with E-state index in [0.29, 0.717) is 12.5 Å². The van der Waals surface area contributed by atoms with E-state index in [1.165, 1.54) is 12.8 Å². The lowest BCUT2D eigenvalue weighted by molar-refractivity contribution is -0.120. The van der Waals surface area contributed by atoms with Gasteiger partial charge in [-0.15, -0.1) is 0 Å². The third-order valence-electron chi connectivity index (χ3n) is 2.29. The van der Waals surface area contributed by atoms with Gasteiger partial charge < -0.3 is 10.6 Å². The number of carbonyl (C=O) groups is 1. The first kappa shape index (κ1) is 13.4. The molecule has 0 bridgehead atoms. The lowest BCUT2D eigenvalue weighted by atomic mass is 10.1. The van der Waals surface area contributed by atoms with Gasteiger partial charge in [0.1, 0.15) is 0 Å². The second-order valence-electron chi connectivity index (χ2n) is 3.55. The van der Waals surface area contributed by atoms with Crippen molar-refractivity contribution in [3.63, 3.8) is 0 Å². The number of amides is 1. The minimum absolute atomic E-state index is 0.145. The quantitative estimate of drug-likeness (QED) is 0.626. The zero-order valence-electron chi connectivity index (χ0n) is 9.73. The van der Waals surface area contributed by atoms with Crippen LogP contribution in [0.25, 0.3) is 0 Å². The fourth-order valence-corrected chi connectivity index (χ4v) is 1.47. The average Bonchev–Trinajstić information content (AvgIpc) is 2.17. The Hall–Kier alpha value is -0.570. The van der Waals surface area contributed by atoms with Gasteiger partial charge in [0.05, 0.1) is 0 Å². The normalized spacial score (nSPS) is 12.5. The summed E-state index contributed by atoms with van der Waals surface area (Å²) in [5.41, 5.74) is 0. The van der Waals surface area contributed by atoms with Gasteiger partial charge in [0.25, 0.3) is 0 Å². The highest BCUT2D eigenvalue weighted by Crippen LogP contribution is 2.00. The number of hydrogen-bond acceptors (Lipinski definition) is 2. The van der Waals surface area contributed by atoms with Crippen molar-refractivity contribution in [2.45, 2.75) is 52.5 Å². The Morgan fingerprint density at radius 3 is 2.50 bits per heavy atom. The number of hydrogen-bond donors (Lipinski definition) is 2. The summed E-state index contributed by atoms with van der Waals surface area (Å²) in [6.07, 6.45) is 4.13. The molecule has 84 valence electrons. The van der Waals surface area contributed by atoms with Gasteiger partial charge in [-0.1, -0.05) is 20.3 Å². The molecule has 0 rings (SSSR count). The van der Waals surface area contributed by atoms with E-state index in [2.05, 4.69) is 24.5 Å². The molecule has 0 saturated carbocycles. The van der Waals surface area contributed by atoms with Crippen LogP contribution in [0, 0.1) is 0 Å². The van der Waals surface area contributed by atoms with E-state index >= 15 is 0 Å². The minimum atomic E-state index is 0.145. The van der Waals surface area contributed by atoms with Crippen LogP contribution < -0.4 is 10.6 Å². The Morgan fingerprint density at radius 1 is 1.29 bits per heavy atom. The minimum Gasteiger partial charge on any atom is -0.356 e. The summed E-state index contributed by atoms with van der Waals surface area (Å²) in [6.45, 7) is 7.83. The molecule has 0 aliphatic carbocycles. The van der Waals surface area contributed by atoms with Gasteiger partial charge in [-0.25, -0.2) is 0 Å². The molecule has 0 aromatic heterocycles. The van der Waals surface area contributed by atoms with Crippen molar-refractivity contribution in [3.05, 3.63) is 0 Å². The van der Waals surface area contributed by atoms with Crippen LogP contribution in [0.2, 0.25) is 0 Å². The maximum absolute atomic E-state index is 11.1. The van der Waals surface area contributed by atoms with Crippen molar-refractivity contribution in [2.24, 2.45) is 0 Å². The average molecular weight is 200 g/mol. The molecule has 1 unspecified atom stereocenters. The van der Waals surface area contributed by atoms with Crippen LogP contribution >= 0.6 is 0 Å².